The second-order valence-corrected chi connectivity index (χ2v) is 5.09. The van der Waals surface area contributed by atoms with Crippen molar-refractivity contribution in [1.29, 1.82) is 0 Å². The predicted molar refractivity (Wildman–Crippen MR) is 87.1 cm³/mol. The van der Waals surface area contributed by atoms with Crippen LogP contribution in [0.2, 0.25) is 0 Å². The molecule has 26 heavy (non-hydrogen) atoms. The van der Waals surface area contributed by atoms with Crippen molar-refractivity contribution in [2.45, 2.75) is 0 Å². The molecule has 0 unspecified atom stereocenters. The summed E-state index contributed by atoms with van der Waals surface area (Å²) in [5.41, 5.74) is 0.149. The van der Waals surface area contributed by atoms with Crippen molar-refractivity contribution >= 4 is 11.9 Å². The van der Waals surface area contributed by atoms with E-state index in [0.717, 1.165) is 12.1 Å². The molecule has 0 aliphatic rings. The number of rotatable bonds is 5. The molecule has 7 nitrogen and oxygen atoms in total. The van der Waals surface area contributed by atoms with Crippen LogP contribution in [0.4, 0.5) is 14.8 Å². The number of nitrogens with one attached hydrogen (secondary N) is 1. The van der Waals surface area contributed by atoms with Crippen LogP contribution in [0.15, 0.2) is 40.8 Å². The summed E-state index contributed by atoms with van der Waals surface area (Å²) in [5.74, 6) is -1.52. The minimum absolute atomic E-state index is 0.0945. The average Bonchev–Trinajstić information content (AvgIpc) is 3.09. The topological polar surface area (TPSA) is 86.5 Å². The van der Waals surface area contributed by atoms with Crippen molar-refractivity contribution in [3.05, 3.63) is 53.6 Å². The number of ether oxygens (including phenoxy) is 2. The molecule has 2 aromatic carbocycles. The standard InChI is InChI=1S/C17H13F2N3O4/c1-24-11-5-9(6-12(8-11)25-2)16-21-22-17(26-16)20-15(23)13-4-3-10(18)7-14(13)19/h3-8H,1-2H3,(H,20,22,23). The van der Waals surface area contributed by atoms with Gasteiger partial charge in [-0.05, 0) is 24.3 Å². The van der Waals surface area contributed by atoms with Crippen molar-refractivity contribution in [1.82, 2.24) is 10.2 Å². The van der Waals surface area contributed by atoms with Gasteiger partial charge in [-0.1, -0.05) is 5.10 Å². The largest absolute Gasteiger partial charge is 0.497 e. The highest BCUT2D eigenvalue weighted by Crippen LogP contribution is 2.29. The zero-order valence-electron chi connectivity index (χ0n) is 13.7. The maximum Gasteiger partial charge on any atom is 0.322 e. The Hall–Kier alpha value is -3.49. The minimum Gasteiger partial charge on any atom is -0.497 e. The summed E-state index contributed by atoms with van der Waals surface area (Å²) in [5, 5.41) is 9.78. The van der Waals surface area contributed by atoms with E-state index in [4.69, 9.17) is 13.9 Å². The number of aromatic nitrogens is 2. The molecule has 1 amide bonds. The summed E-state index contributed by atoms with van der Waals surface area (Å²) >= 11 is 0. The van der Waals surface area contributed by atoms with Crippen molar-refractivity contribution in [2.75, 3.05) is 19.5 Å². The number of benzene rings is 2. The number of anilines is 1. The van der Waals surface area contributed by atoms with Gasteiger partial charge in [-0.25, -0.2) is 8.78 Å². The van der Waals surface area contributed by atoms with Gasteiger partial charge in [0.1, 0.15) is 23.1 Å². The highest BCUT2D eigenvalue weighted by molar-refractivity contribution is 6.03. The first-order valence-electron chi connectivity index (χ1n) is 7.33. The molecule has 3 aromatic rings. The molecule has 0 spiro atoms. The summed E-state index contributed by atoms with van der Waals surface area (Å²) in [6.07, 6.45) is 0. The second-order valence-electron chi connectivity index (χ2n) is 5.09. The Kier molecular flexibility index (Phi) is 4.78. The molecule has 0 atom stereocenters. The van der Waals surface area contributed by atoms with Gasteiger partial charge in [0.05, 0.1) is 19.8 Å². The Morgan fingerprint density at radius 1 is 1.04 bits per heavy atom. The van der Waals surface area contributed by atoms with Gasteiger partial charge in [0.15, 0.2) is 0 Å². The van der Waals surface area contributed by atoms with Crippen LogP contribution in [0.1, 0.15) is 10.4 Å². The number of amides is 1. The van der Waals surface area contributed by atoms with Gasteiger partial charge in [-0.15, -0.1) is 5.10 Å². The summed E-state index contributed by atoms with van der Waals surface area (Å²) in [4.78, 5) is 12.1. The van der Waals surface area contributed by atoms with E-state index in [9.17, 15) is 13.6 Å². The fraction of sp³-hybridized carbons (Fsp3) is 0.118. The van der Waals surface area contributed by atoms with Crippen LogP contribution in [0.5, 0.6) is 11.5 Å². The molecule has 0 fully saturated rings. The Morgan fingerprint density at radius 2 is 1.73 bits per heavy atom. The average molecular weight is 361 g/mol. The third-order valence-electron chi connectivity index (χ3n) is 3.42. The van der Waals surface area contributed by atoms with Gasteiger partial charge in [0.25, 0.3) is 5.91 Å². The van der Waals surface area contributed by atoms with E-state index in [0.29, 0.717) is 23.1 Å². The summed E-state index contributed by atoms with van der Waals surface area (Å²) in [7, 11) is 2.99. The van der Waals surface area contributed by atoms with Crippen LogP contribution in [-0.2, 0) is 0 Å². The number of hydrogen-bond acceptors (Lipinski definition) is 6. The third kappa shape index (κ3) is 3.61. The van der Waals surface area contributed by atoms with Crippen LogP contribution in [0.3, 0.4) is 0 Å². The van der Waals surface area contributed by atoms with E-state index < -0.39 is 17.5 Å². The number of halogens is 2. The van der Waals surface area contributed by atoms with E-state index in [1.807, 2.05) is 0 Å². The smallest absolute Gasteiger partial charge is 0.322 e. The van der Waals surface area contributed by atoms with Crippen molar-refractivity contribution in [2.24, 2.45) is 0 Å². The van der Waals surface area contributed by atoms with Gasteiger partial charge in [-0.3, -0.25) is 10.1 Å². The van der Waals surface area contributed by atoms with E-state index in [2.05, 4.69) is 15.5 Å². The molecule has 0 saturated carbocycles. The lowest BCUT2D eigenvalue weighted by Crippen LogP contribution is -2.14. The number of methoxy groups -OCH3 is 2. The van der Waals surface area contributed by atoms with Gasteiger partial charge >= 0.3 is 6.01 Å². The fourth-order valence-corrected chi connectivity index (χ4v) is 2.16. The highest BCUT2D eigenvalue weighted by atomic mass is 19.1. The first-order valence-corrected chi connectivity index (χ1v) is 7.33. The monoisotopic (exact) mass is 361 g/mol. The molecule has 1 heterocycles. The molecule has 0 bridgehead atoms. The lowest BCUT2D eigenvalue weighted by atomic mass is 10.2. The number of hydrogen-bond donors (Lipinski definition) is 1. The maximum absolute atomic E-state index is 13.6. The Bertz CT molecular complexity index is 937. The molecular formula is C17H13F2N3O4. The second kappa shape index (κ2) is 7.18. The molecule has 9 heteroatoms. The number of nitrogens with zero attached hydrogens (tertiary/aromatic N) is 2. The minimum atomic E-state index is -1.00. The van der Waals surface area contributed by atoms with Gasteiger partial charge in [0, 0.05) is 17.7 Å². The van der Waals surface area contributed by atoms with Crippen LogP contribution >= 0.6 is 0 Å². The number of carbonyl (C=O) groups is 1. The van der Waals surface area contributed by atoms with E-state index in [-0.39, 0.29) is 17.5 Å². The fourth-order valence-electron chi connectivity index (χ4n) is 2.16. The molecule has 1 aromatic heterocycles. The van der Waals surface area contributed by atoms with E-state index in [1.165, 1.54) is 14.2 Å². The van der Waals surface area contributed by atoms with Crippen LogP contribution in [0, 0.1) is 11.6 Å². The van der Waals surface area contributed by atoms with Crippen LogP contribution < -0.4 is 14.8 Å². The predicted octanol–water partition coefficient (Wildman–Crippen LogP) is 3.28. The SMILES string of the molecule is COc1cc(OC)cc(-c2nnc(NC(=O)c3ccc(F)cc3F)o2)c1. The molecule has 3 rings (SSSR count). The van der Waals surface area contributed by atoms with Gasteiger partial charge < -0.3 is 13.9 Å². The molecule has 0 saturated heterocycles. The lowest BCUT2D eigenvalue weighted by molar-refractivity contribution is 0.102. The molecular weight excluding hydrogens is 348 g/mol. The van der Waals surface area contributed by atoms with E-state index in [1.54, 1.807) is 18.2 Å². The zero-order valence-corrected chi connectivity index (χ0v) is 13.7. The third-order valence-corrected chi connectivity index (χ3v) is 3.42. The Morgan fingerprint density at radius 3 is 2.35 bits per heavy atom. The first-order chi connectivity index (χ1) is 12.5. The first kappa shape index (κ1) is 17.3. The van der Waals surface area contributed by atoms with Crippen molar-refractivity contribution < 1.29 is 27.5 Å². The van der Waals surface area contributed by atoms with E-state index >= 15 is 0 Å². The zero-order chi connectivity index (χ0) is 18.7. The number of carbonyl (C=O) groups excluding carboxylic acids is 1. The molecule has 1 N–H and O–H groups in total. The molecule has 134 valence electrons. The molecule has 0 aliphatic carbocycles. The summed E-state index contributed by atoms with van der Waals surface area (Å²) in [6, 6.07) is 7.30. The van der Waals surface area contributed by atoms with Gasteiger partial charge in [0.2, 0.25) is 5.89 Å². The quantitative estimate of drug-likeness (QED) is 0.750. The Labute approximate surface area is 146 Å². The highest BCUT2D eigenvalue weighted by Gasteiger charge is 2.17. The van der Waals surface area contributed by atoms with Crippen molar-refractivity contribution in [3.63, 3.8) is 0 Å². The lowest BCUT2D eigenvalue weighted by Gasteiger charge is -2.05. The van der Waals surface area contributed by atoms with Crippen LogP contribution in [-0.4, -0.2) is 30.3 Å². The molecule has 0 aliphatic heterocycles. The van der Waals surface area contributed by atoms with Crippen LogP contribution in [0.25, 0.3) is 11.5 Å². The van der Waals surface area contributed by atoms with Crippen molar-refractivity contribution in [3.8, 4) is 23.0 Å². The maximum atomic E-state index is 13.6. The normalized spacial score (nSPS) is 10.5. The summed E-state index contributed by atoms with van der Waals surface area (Å²) < 4.78 is 42.2. The molecule has 0 radical (unpaired) electrons. The van der Waals surface area contributed by atoms with Gasteiger partial charge in [-0.2, -0.15) is 0 Å². The summed E-state index contributed by atoms with van der Waals surface area (Å²) in [6.45, 7) is 0. The Balaban J connectivity index is 1.83.